The quantitative estimate of drug-likeness (QED) is 0.0398. The van der Waals surface area contributed by atoms with Crippen molar-refractivity contribution in [2.45, 2.75) is 178 Å². The number of nitrogens with one attached hydrogen (secondary N) is 4. The SMILES string of the molecule is CCOC1OC(CO)C(O)C(O)C1NC(C)=O.CCOC1OC(CO)C(O)C(O)C1NC(C)=O.CCOC1OC(CO)C(O)C(OC(=O)CS)C1NC(C)=O.CCOC1OC(CO)C(O)C(OC(=O)CS)C1NC(C)=O. The Morgan fingerprint density at radius 2 is 0.618 bits per heavy atom. The highest BCUT2D eigenvalue weighted by Crippen LogP contribution is 2.27. The zero-order chi connectivity index (χ0) is 58.0. The fourth-order valence-electron chi connectivity index (χ4n) is 7.74. The molecule has 0 aromatic carbocycles. The van der Waals surface area contributed by atoms with Crippen LogP contribution in [-0.2, 0) is 76.1 Å². The van der Waals surface area contributed by atoms with E-state index in [2.05, 4.69) is 46.5 Å². The summed E-state index contributed by atoms with van der Waals surface area (Å²) >= 11 is 7.60. The Labute approximate surface area is 450 Å². The third kappa shape index (κ3) is 22.1. The van der Waals surface area contributed by atoms with Gasteiger partial charge in [0.15, 0.2) is 37.4 Å². The molecule has 20 atom stereocenters. The van der Waals surface area contributed by atoms with Crippen LogP contribution < -0.4 is 21.3 Å². The van der Waals surface area contributed by atoms with E-state index >= 15 is 0 Å². The van der Waals surface area contributed by atoms with Crippen molar-refractivity contribution in [1.29, 1.82) is 0 Å². The minimum Gasteiger partial charge on any atom is -0.456 e. The molecule has 76 heavy (non-hydrogen) atoms. The number of rotatable bonds is 20. The van der Waals surface area contributed by atoms with E-state index in [1.807, 2.05) is 0 Å². The number of ether oxygens (including phenoxy) is 10. The summed E-state index contributed by atoms with van der Waals surface area (Å²) in [7, 11) is 0. The maximum Gasteiger partial charge on any atom is 0.316 e. The molecule has 0 aliphatic carbocycles. The van der Waals surface area contributed by atoms with E-state index in [1.54, 1.807) is 27.7 Å². The Bertz CT molecular complexity index is 1620. The van der Waals surface area contributed by atoms with Crippen molar-refractivity contribution in [1.82, 2.24) is 21.3 Å². The van der Waals surface area contributed by atoms with Crippen LogP contribution in [0.2, 0.25) is 0 Å². The van der Waals surface area contributed by atoms with Crippen LogP contribution in [0.1, 0.15) is 55.4 Å². The average molecular weight is 1150 g/mol. The van der Waals surface area contributed by atoms with E-state index in [9.17, 15) is 69.6 Å². The molecule has 0 radical (unpaired) electrons. The van der Waals surface area contributed by atoms with Crippen LogP contribution >= 0.6 is 25.3 Å². The van der Waals surface area contributed by atoms with Crippen molar-refractivity contribution in [3.05, 3.63) is 0 Å². The molecule has 4 aliphatic heterocycles. The smallest absolute Gasteiger partial charge is 0.316 e. The number of carbonyl (C=O) groups is 6. The molecule has 0 aromatic rings. The third-order valence-electron chi connectivity index (χ3n) is 11.1. The van der Waals surface area contributed by atoms with Gasteiger partial charge in [0.1, 0.15) is 85.2 Å². The molecule has 4 aliphatic rings. The number of hydrogen-bond donors (Lipinski definition) is 16. The first-order valence-electron chi connectivity index (χ1n) is 24.2. The summed E-state index contributed by atoms with van der Waals surface area (Å²) < 4.78 is 52.8. The van der Waals surface area contributed by atoms with Gasteiger partial charge in [0, 0.05) is 54.1 Å². The van der Waals surface area contributed by atoms with Gasteiger partial charge in [0.2, 0.25) is 23.6 Å². The molecule has 0 bridgehead atoms. The fourth-order valence-corrected chi connectivity index (χ4v) is 7.89. The number of hydrogen-bond acceptors (Lipinski definition) is 28. The fraction of sp³-hybridized carbons (Fsp3) is 0.864. The molecular weight excluding hydrogens is 1060 g/mol. The summed E-state index contributed by atoms with van der Waals surface area (Å²) in [5.41, 5.74) is 0. The second-order valence-electron chi connectivity index (χ2n) is 16.8. The molecule has 4 saturated heterocycles. The molecule has 20 unspecified atom stereocenters. The maximum atomic E-state index is 11.4. The number of carbonyl (C=O) groups excluding carboxylic acids is 6. The molecule has 30 nitrogen and oxygen atoms in total. The van der Waals surface area contributed by atoms with Crippen LogP contribution in [0.5, 0.6) is 0 Å². The van der Waals surface area contributed by atoms with Gasteiger partial charge in [-0.15, -0.1) is 0 Å². The molecule has 0 saturated carbocycles. The Morgan fingerprint density at radius 3 is 0.829 bits per heavy atom. The van der Waals surface area contributed by atoms with E-state index < -0.39 is 173 Å². The Hall–Kier alpha value is -3.20. The monoisotopic (exact) mass is 1140 g/mol. The second kappa shape index (κ2) is 36.9. The second-order valence-corrected chi connectivity index (χ2v) is 17.4. The number of aliphatic hydroxyl groups is 10. The third-order valence-corrected chi connectivity index (χ3v) is 11.6. The van der Waals surface area contributed by atoms with Gasteiger partial charge >= 0.3 is 11.9 Å². The Balaban J connectivity index is 0.000000509. The largest absolute Gasteiger partial charge is 0.456 e. The van der Waals surface area contributed by atoms with Crippen LogP contribution in [0.15, 0.2) is 0 Å². The van der Waals surface area contributed by atoms with Gasteiger partial charge in [-0.25, -0.2) is 0 Å². The van der Waals surface area contributed by atoms with Gasteiger partial charge in [-0.2, -0.15) is 25.3 Å². The lowest BCUT2D eigenvalue weighted by atomic mass is 9.96. The summed E-state index contributed by atoms with van der Waals surface area (Å²) in [5.74, 6) is -3.20. The lowest BCUT2D eigenvalue weighted by Gasteiger charge is -2.43. The minimum atomic E-state index is -1.30. The molecule has 32 heteroatoms. The molecule has 4 fully saturated rings. The Morgan fingerprint density at radius 1 is 0.395 bits per heavy atom. The lowest BCUT2D eigenvalue weighted by molar-refractivity contribution is -0.272. The first-order valence-corrected chi connectivity index (χ1v) is 25.5. The van der Waals surface area contributed by atoms with Gasteiger partial charge in [-0.05, 0) is 27.7 Å². The first kappa shape index (κ1) is 70.8. The van der Waals surface area contributed by atoms with Crippen LogP contribution in [0.25, 0.3) is 0 Å². The van der Waals surface area contributed by atoms with Gasteiger partial charge in [-0.3, -0.25) is 28.8 Å². The minimum absolute atomic E-state index is 0.181. The van der Waals surface area contributed by atoms with E-state index in [0.717, 1.165) is 0 Å². The molecule has 4 amide bonds. The number of thiol groups is 2. The number of esters is 2. The van der Waals surface area contributed by atoms with E-state index in [4.69, 9.17) is 57.6 Å². The van der Waals surface area contributed by atoms with Gasteiger partial charge in [0.25, 0.3) is 0 Å². The summed E-state index contributed by atoms with van der Waals surface area (Å²) in [6.45, 7) is 11.4. The molecule has 444 valence electrons. The molecule has 0 spiro atoms. The lowest BCUT2D eigenvalue weighted by Crippen LogP contribution is -2.65. The number of aliphatic hydroxyl groups excluding tert-OH is 10. The molecule has 4 heterocycles. The van der Waals surface area contributed by atoms with Crippen LogP contribution in [0.3, 0.4) is 0 Å². The topological polar surface area (TPSA) is 445 Å². The van der Waals surface area contributed by atoms with Crippen LogP contribution in [0, 0.1) is 0 Å². The zero-order valence-electron chi connectivity index (χ0n) is 43.5. The predicted molar refractivity (Wildman–Crippen MR) is 263 cm³/mol. The molecule has 14 N–H and O–H groups in total. The Kier molecular flexibility index (Phi) is 34.4. The first-order chi connectivity index (χ1) is 35.9. The normalized spacial score (nSPS) is 34.9. The summed E-state index contributed by atoms with van der Waals surface area (Å²) in [6.07, 6.45) is -17.3. The standard InChI is InChI=1S/2C12H21NO7S.2C10H19NO6/c2*1-3-18-12-9(13-6(2)15)11(20-8(16)5-21)10(17)7(4-14)19-12;2*1-3-16-10-7(11-5(2)13)9(15)8(14)6(4-12)17-10/h2*7,9-12,14,17,21H,3-5H2,1-2H3,(H,13,15);2*6-10,12,14-15H,3-4H2,1-2H3,(H,11,13). The van der Waals surface area contributed by atoms with E-state index in [-0.39, 0.29) is 36.5 Å². The molecule has 4 rings (SSSR count). The van der Waals surface area contributed by atoms with Gasteiger partial charge < -0.3 is 120 Å². The predicted octanol–water partition coefficient (Wildman–Crippen LogP) is -7.17. The highest BCUT2D eigenvalue weighted by Gasteiger charge is 2.50. The van der Waals surface area contributed by atoms with Gasteiger partial charge in [0.05, 0.1) is 37.9 Å². The number of amides is 4. The van der Waals surface area contributed by atoms with Crippen molar-refractivity contribution in [3.8, 4) is 0 Å². The van der Waals surface area contributed by atoms with Crippen LogP contribution in [-0.4, -0.2) is 274 Å². The van der Waals surface area contributed by atoms with Crippen LogP contribution in [0.4, 0.5) is 0 Å². The summed E-state index contributed by atoms with van der Waals surface area (Å²) in [5, 5.41) is 106. The van der Waals surface area contributed by atoms with Gasteiger partial charge in [-0.1, -0.05) is 0 Å². The van der Waals surface area contributed by atoms with Crippen molar-refractivity contribution in [3.63, 3.8) is 0 Å². The highest BCUT2D eigenvalue weighted by atomic mass is 32.1. The van der Waals surface area contributed by atoms with Crippen molar-refractivity contribution in [2.75, 3.05) is 64.4 Å². The summed E-state index contributed by atoms with van der Waals surface area (Å²) in [6, 6.07) is -3.48. The van der Waals surface area contributed by atoms with E-state index in [1.165, 1.54) is 27.7 Å². The maximum absolute atomic E-state index is 11.4. The van der Waals surface area contributed by atoms with Crippen molar-refractivity contribution in [2.24, 2.45) is 0 Å². The molecule has 0 aromatic heterocycles. The van der Waals surface area contributed by atoms with Crippen molar-refractivity contribution >= 4 is 60.8 Å². The van der Waals surface area contributed by atoms with E-state index in [0.29, 0.717) is 13.2 Å². The zero-order valence-corrected chi connectivity index (χ0v) is 45.3. The highest BCUT2D eigenvalue weighted by molar-refractivity contribution is 7.81. The summed E-state index contributed by atoms with van der Waals surface area (Å²) in [4.78, 5) is 67.5. The van der Waals surface area contributed by atoms with Crippen molar-refractivity contribution < 1.29 is 127 Å². The molecular formula is C44H80N4O26S2. The average Bonchev–Trinajstić information content (AvgIpc) is 3.37.